The number of benzene rings is 3. The van der Waals surface area contributed by atoms with Crippen LogP contribution in [-0.4, -0.2) is 22.1 Å². The third-order valence-electron chi connectivity index (χ3n) is 5.88. The minimum absolute atomic E-state index is 0.152. The Bertz CT molecular complexity index is 1170. The maximum absolute atomic E-state index is 12.0. The molecular formula is C29H32N4O. The fourth-order valence-electron chi connectivity index (χ4n) is 4.17. The summed E-state index contributed by atoms with van der Waals surface area (Å²) in [5, 5.41) is 5.78. The zero-order valence-electron chi connectivity index (χ0n) is 19.7. The number of hydrogen-bond acceptors (Lipinski definition) is 2. The minimum atomic E-state index is -0.152. The molecule has 0 aliphatic carbocycles. The molecule has 174 valence electrons. The summed E-state index contributed by atoms with van der Waals surface area (Å²) in [7, 11) is 0. The molecule has 1 aromatic heterocycles. The van der Waals surface area contributed by atoms with Crippen LogP contribution >= 0.6 is 0 Å². The zero-order valence-corrected chi connectivity index (χ0v) is 19.7. The van der Waals surface area contributed by atoms with Gasteiger partial charge in [0.25, 0.3) is 0 Å². The van der Waals surface area contributed by atoms with E-state index in [9.17, 15) is 4.79 Å². The molecule has 0 atom stereocenters. The van der Waals surface area contributed by atoms with Crippen molar-refractivity contribution in [3.63, 3.8) is 0 Å². The van der Waals surface area contributed by atoms with Crippen LogP contribution in [-0.2, 0) is 6.54 Å². The van der Waals surface area contributed by atoms with Crippen molar-refractivity contribution in [2.45, 2.75) is 39.2 Å². The summed E-state index contributed by atoms with van der Waals surface area (Å²) < 4.78 is 2.35. The van der Waals surface area contributed by atoms with Crippen molar-refractivity contribution in [1.29, 1.82) is 0 Å². The number of nitrogens with one attached hydrogen (secondary N) is 2. The Morgan fingerprint density at radius 3 is 2.03 bits per heavy atom. The maximum Gasteiger partial charge on any atom is 0.319 e. The molecule has 0 unspecified atom stereocenters. The van der Waals surface area contributed by atoms with Crippen LogP contribution in [0.1, 0.15) is 31.5 Å². The number of carbonyl (C=O) groups is 1. The van der Waals surface area contributed by atoms with E-state index in [4.69, 9.17) is 4.98 Å². The minimum Gasteiger partial charge on any atom is -0.338 e. The van der Waals surface area contributed by atoms with E-state index in [0.29, 0.717) is 6.54 Å². The maximum atomic E-state index is 12.0. The van der Waals surface area contributed by atoms with E-state index in [1.54, 1.807) is 0 Å². The first-order valence-electron chi connectivity index (χ1n) is 12.0. The van der Waals surface area contributed by atoms with Crippen molar-refractivity contribution in [2.24, 2.45) is 0 Å². The Morgan fingerprint density at radius 1 is 0.765 bits per heavy atom. The van der Waals surface area contributed by atoms with Gasteiger partial charge in [-0.2, -0.15) is 0 Å². The number of carbonyl (C=O) groups excluding carboxylic acids is 1. The Hall–Kier alpha value is -3.86. The summed E-state index contributed by atoms with van der Waals surface area (Å²) in [6, 6.07) is 30.3. The molecule has 4 aromatic rings. The molecule has 0 spiro atoms. The topological polar surface area (TPSA) is 59.0 Å². The predicted octanol–water partition coefficient (Wildman–Crippen LogP) is 6.91. The predicted molar refractivity (Wildman–Crippen MR) is 140 cm³/mol. The number of aromatic nitrogens is 2. The number of aryl methyl sites for hydroxylation is 1. The highest BCUT2D eigenvalue weighted by atomic mass is 16.2. The lowest BCUT2D eigenvalue weighted by molar-refractivity contribution is 0.252. The SMILES string of the molecule is Cc1nc(-c2ccccc2)c(-c2ccccc2)n1CCCCCCNC(=O)Nc1ccccc1. The number of rotatable bonds is 10. The van der Waals surface area contributed by atoms with Crippen molar-refractivity contribution in [2.75, 3.05) is 11.9 Å². The average molecular weight is 453 g/mol. The second kappa shape index (κ2) is 11.8. The van der Waals surface area contributed by atoms with Gasteiger partial charge >= 0.3 is 6.03 Å². The van der Waals surface area contributed by atoms with E-state index < -0.39 is 0 Å². The van der Waals surface area contributed by atoms with Crippen LogP contribution < -0.4 is 10.6 Å². The Labute approximate surface area is 201 Å². The summed E-state index contributed by atoms with van der Waals surface area (Å²) in [6.07, 6.45) is 4.22. The standard InChI is InChI=1S/C29H32N4O/c1-23-31-27(24-15-7-4-8-16-24)28(25-17-9-5-10-18-25)33(23)22-14-3-2-13-21-30-29(34)32-26-19-11-6-12-20-26/h4-12,15-20H,2-3,13-14,21-22H2,1H3,(H2,30,32,34). The van der Waals surface area contributed by atoms with Crippen molar-refractivity contribution in [1.82, 2.24) is 14.9 Å². The molecule has 0 aliphatic rings. The van der Waals surface area contributed by atoms with Crippen molar-refractivity contribution in [3.8, 4) is 22.5 Å². The molecular weight excluding hydrogens is 420 g/mol. The van der Waals surface area contributed by atoms with Crippen LogP contribution in [0.15, 0.2) is 91.0 Å². The first-order valence-corrected chi connectivity index (χ1v) is 12.0. The summed E-state index contributed by atoms with van der Waals surface area (Å²) >= 11 is 0. The highest BCUT2D eigenvalue weighted by molar-refractivity contribution is 5.89. The van der Waals surface area contributed by atoms with Crippen LogP contribution in [0.2, 0.25) is 0 Å². The molecule has 0 aliphatic heterocycles. The first kappa shape index (κ1) is 23.3. The molecule has 1 heterocycles. The fraction of sp³-hybridized carbons (Fsp3) is 0.241. The average Bonchev–Trinajstić information content (AvgIpc) is 3.21. The Kier molecular flexibility index (Phi) is 8.12. The van der Waals surface area contributed by atoms with Gasteiger partial charge in [-0.25, -0.2) is 9.78 Å². The molecule has 2 N–H and O–H groups in total. The molecule has 0 saturated carbocycles. The highest BCUT2D eigenvalue weighted by Crippen LogP contribution is 2.33. The van der Waals surface area contributed by atoms with Crippen LogP contribution in [0.5, 0.6) is 0 Å². The van der Waals surface area contributed by atoms with Gasteiger partial charge in [-0.1, -0.05) is 91.7 Å². The summed E-state index contributed by atoms with van der Waals surface area (Å²) in [5.74, 6) is 1.04. The van der Waals surface area contributed by atoms with E-state index in [1.165, 1.54) is 11.3 Å². The van der Waals surface area contributed by atoms with Gasteiger partial charge in [0, 0.05) is 29.9 Å². The highest BCUT2D eigenvalue weighted by Gasteiger charge is 2.17. The van der Waals surface area contributed by atoms with Gasteiger partial charge in [0.1, 0.15) is 5.82 Å². The third kappa shape index (κ3) is 6.13. The molecule has 5 heteroatoms. The van der Waals surface area contributed by atoms with E-state index in [1.807, 2.05) is 42.5 Å². The first-order chi connectivity index (χ1) is 16.7. The number of nitrogens with zero attached hydrogens (tertiary/aromatic N) is 2. The summed E-state index contributed by atoms with van der Waals surface area (Å²) in [6.45, 7) is 3.70. The molecule has 0 fully saturated rings. The smallest absolute Gasteiger partial charge is 0.319 e. The molecule has 2 amide bonds. The number of amides is 2. The number of imidazole rings is 1. The molecule has 3 aromatic carbocycles. The van der Waals surface area contributed by atoms with Gasteiger partial charge in [-0.15, -0.1) is 0 Å². The van der Waals surface area contributed by atoms with Crippen molar-refractivity contribution in [3.05, 3.63) is 96.8 Å². The molecule has 0 radical (unpaired) electrons. The van der Waals surface area contributed by atoms with Crippen molar-refractivity contribution >= 4 is 11.7 Å². The van der Waals surface area contributed by atoms with Crippen LogP contribution in [0.4, 0.5) is 10.5 Å². The normalized spacial score (nSPS) is 10.7. The monoisotopic (exact) mass is 452 g/mol. The van der Waals surface area contributed by atoms with E-state index >= 15 is 0 Å². The Morgan fingerprint density at radius 2 is 1.35 bits per heavy atom. The molecule has 5 nitrogen and oxygen atoms in total. The largest absolute Gasteiger partial charge is 0.338 e. The molecule has 0 saturated heterocycles. The Balaban J connectivity index is 1.30. The molecule has 34 heavy (non-hydrogen) atoms. The van der Waals surface area contributed by atoms with E-state index in [2.05, 4.69) is 70.7 Å². The van der Waals surface area contributed by atoms with Crippen LogP contribution in [0, 0.1) is 6.92 Å². The second-order valence-corrected chi connectivity index (χ2v) is 8.40. The zero-order chi connectivity index (χ0) is 23.6. The van der Waals surface area contributed by atoms with Crippen LogP contribution in [0.25, 0.3) is 22.5 Å². The summed E-state index contributed by atoms with van der Waals surface area (Å²) in [5.41, 5.74) is 5.36. The van der Waals surface area contributed by atoms with Gasteiger partial charge in [-0.3, -0.25) is 0 Å². The lowest BCUT2D eigenvalue weighted by atomic mass is 10.0. The van der Waals surface area contributed by atoms with E-state index in [0.717, 1.165) is 55.0 Å². The molecule has 4 rings (SSSR count). The van der Waals surface area contributed by atoms with Crippen molar-refractivity contribution < 1.29 is 4.79 Å². The lowest BCUT2D eigenvalue weighted by Crippen LogP contribution is -2.29. The lowest BCUT2D eigenvalue weighted by Gasteiger charge is -2.12. The van der Waals surface area contributed by atoms with Gasteiger partial charge in [0.2, 0.25) is 0 Å². The van der Waals surface area contributed by atoms with E-state index in [-0.39, 0.29) is 6.03 Å². The number of unbranched alkanes of at least 4 members (excludes halogenated alkanes) is 3. The van der Waals surface area contributed by atoms with Gasteiger partial charge < -0.3 is 15.2 Å². The third-order valence-corrected chi connectivity index (χ3v) is 5.88. The number of urea groups is 1. The van der Waals surface area contributed by atoms with Gasteiger partial charge in [-0.05, 0) is 31.9 Å². The van der Waals surface area contributed by atoms with Gasteiger partial charge in [0.05, 0.1) is 11.4 Å². The van der Waals surface area contributed by atoms with Crippen LogP contribution in [0.3, 0.4) is 0 Å². The number of hydrogen-bond donors (Lipinski definition) is 2. The summed E-state index contributed by atoms with van der Waals surface area (Å²) in [4.78, 5) is 16.9. The fourth-order valence-corrected chi connectivity index (χ4v) is 4.17. The number of anilines is 1. The van der Waals surface area contributed by atoms with Gasteiger partial charge in [0.15, 0.2) is 0 Å². The quantitative estimate of drug-likeness (QED) is 0.257. The second-order valence-electron chi connectivity index (χ2n) is 8.40. The molecule has 0 bridgehead atoms. The number of para-hydroxylation sites is 1.